The SMILES string of the molecule is N#COS(=O)(=O)O.[AlH3]. The van der Waals surface area contributed by atoms with E-state index in [0.29, 0.717) is 0 Å². The van der Waals surface area contributed by atoms with Gasteiger partial charge in [0.25, 0.3) is 0 Å². The lowest BCUT2D eigenvalue weighted by Crippen LogP contribution is -1.96. The summed E-state index contributed by atoms with van der Waals surface area (Å²) >= 11 is 0. The minimum Gasteiger partial charge on any atom is -0.281 e. The molecule has 0 fully saturated rings. The van der Waals surface area contributed by atoms with Crippen LogP contribution in [-0.4, -0.2) is 30.3 Å². The molecule has 0 aromatic rings. The fraction of sp³-hybridized carbons (Fsp3) is 0. The molecule has 1 N–H and O–H groups in total. The third kappa shape index (κ3) is 9.22. The van der Waals surface area contributed by atoms with Crippen LogP contribution >= 0.6 is 0 Å². The van der Waals surface area contributed by atoms with E-state index in [4.69, 9.17) is 9.81 Å². The number of nitriles is 1. The van der Waals surface area contributed by atoms with Crippen LogP contribution in [0.1, 0.15) is 0 Å². The van der Waals surface area contributed by atoms with Crippen LogP contribution in [0.4, 0.5) is 0 Å². The van der Waals surface area contributed by atoms with Crippen molar-refractivity contribution in [2.45, 2.75) is 0 Å². The number of hydrogen-bond acceptors (Lipinski definition) is 4. The highest BCUT2D eigenvalue weighted by atomic mass is 32.3. The van der Waals surface area contributed by atoms with Gasteiger partial charge in [0.2, 0.25) is 0 Å². The predicted molar refractivity (Wildman–Crippen MR) is 28.2 cm³/mol. The second kappa shape index (κ2) is 3.70. The number of nitrogens with zero attached hydrogens (tertiary/aromatic N) is 1. The van der Waals surface area contributed by atoms with E-state index in [2.05, 4.69) is 4.18 Å². The zero-order valence-corrected chi connectivity index (χ0v) is 3.84. The summed E-state index contributed by atoms with van der Waals surface area (Å²) in [7, 11) is -4.54. The van der Waals surface area contributed by atoms with Gasteiger partial charge in [-0.1, -0.05) is 0 Å². The van der Waals surface area contributed by atoms with Crippen LogP contribution in [0.5, 0.6) is 0 Å². The van der Waals surface area contributed by atoms with Crippen molar-refractivity contribution in [1.29, 1.82) is 5.26 Å². The monoisotopic (exact) mass is 153 g/mol. The molecular formula is CH4AlNO4S. The van der Waals surface area contributed by atoms with Gasteiger partial charge in [-0.05, 0) is 0 Å². The van der Waals surface area contributed by atoms with Crippen molar-refractivity contribution in [2.75, 3.05) is 0 Å². The van der Waals surface area contributed by atoms with Crippen molar-refractivity contribution in [3.8, 4) is 6.26 Å². The Kier molecular flexibility index (Phi) is 4.93. The molecule has 0 atom stereocenters. The maximum atomic E-state index is 9.34. The van der Waals surface area contributed by atoms with Gasteiger partial charge in [-0.15, -0.1) is 5.26 Å². The molecule has 0 aliphatic heterocycles. The smallest absolute Gasteiger partial charge is 0.281 e. The summed E-state index contributed by atoms with van der Waals surface area (Å²) < 4.78 is 29.3. The molecule has 0 radical (unpaired) electrons. The Hall–Kier alpha value is -0.268. The summed E-state index contributed by atoms with van der Waals surface area (Å²) in [5.74, 6) is 0. The van der Waals surface area contributed by atoms with Crippen LogP contribution in [0.15, 0.2) is 0 Å². The largest absolute Gasteiger partial charge is 0.456 e. The van der Waals surface area contributed by atoms with E-state index in [0.717, 1.165) is 6.26 Å². The predicted octanol–water partition coefficient (Wildman–Crippen LogP) is -1.90. The van der Waals surface area contributed by atoms with Crippen LogP contribution in [0.2, 0.25) is 0 Å². The summed E-state index contributed by atoms with van der Waals surface area (Å²) in [4.78, 5) is 0. The first-order valence-electron chi connectivity index (χ1n) is 1.11. The second-order valence-electron chi connectivity index (χ2n) is 0.602. The second-order valence-corrected chi connectivity index (χ2v) is 1.62. The standard InChI is InChI=1S/CHNO4S.Al.3H/c2-1-6-7(3,4)5;;;;/h(H,3,4,5);;;;. The fourth-order valence-electron chi connectivity index (χ4n) is 0.0471. The summed E-state index contributed by atoms with van der Waals surface area (Å²) in [6.45, 7) is 0. The van der Waals surface area contributed by atoms with Gasteiger partial charge in [-0.2, -0.15) is 8.42 Å². The zero-order valence-electron chi connectivity index (χ0n) is 3.03. The van der Waals surface area contributed by atoms with Crippen molar-refractivity contribution >= 4 is 27.8 Å². The van der Waals surface area contributed by atoms with Crippen LogP contribution in [0.25, 0.3) is 0 Å². The Morgan fingerprint density at radius 3 is 2.00 bits per heavy atom. The van der Waals surface area contributed by atoms with Crippen molar-refractivity contribution in [2.24, 2.45) is 0 Å². The van der Waals surface area contributed by atoms with E-state index in [1.165, 1.54) is 0 Å². The lowest BCUT2D eigenvalue weighted by atomic mass is 11.6. The van der Waals surface area contributed by atoms with Gasteiger partial charge in [0.05, 0.1) is 0 Å². The molecule has 46 valence electrons. The average molecular weight is 153 g/mol. The Labute approximate surface area is 57.0 Å². The van der Waals surface area contributed by atoms with E-state index in [1.54, 1.807) is 0 Å². The molecule has 0 bridgehead atoms. The third-order valence-electron chi connectivity index (χ3n) is 0.143. The topological polar surface area (TPSA) is 87.4 Å². The van der Waals surface area contributed by atoms with Crippen molar-refractivity contribution in [1.82, 2.24) is 0 Å². The third-order valence-corrected chi connectivity index (χ3v) is 0.428. The molecular weight excluding hydrogens is 149 g/mol. The van der Waals surface area contributed by atoms with Crippen LogP contribution in [-0.2, 0) is 14.6 Å². The number of hydrogen-bond donors (Lipinski definition) is 1. The molecule has 0 unspecified atom stereocenters. The molecule has 0 aromatic carbocycles. The molecule has 0 aliphatic rings. The molecule has 0 saturated carbocycles. The minimum absolute atomic E-state index is 0. The van der Waals surface area contributed by atoms with Gasteiger partial charge in [0.15, 0.2) is 17.4 Å². The maximum Gasteiger partial charge on any atom is 0.456 e. The Morgan fingerprint density at radius 1 is 1.62 bits per heavy atom. The Bertz CT molecular complexity index is 177. The van der Waals surface area contributed by atoms with Crippen molar-refractivity contribution < 1.29 is 17.2 Å². The zero-order chi connectivity index (χ0) is 5.91. The first-order chi connectivity index (χ1) is 3.06. The lowest BCUT2D eigenvalue weighted by Gasteiger charge is -1.80. The summed E-state index contributed by atoms with van der Waals surface area (Å²) in [5, 5.41) is 7.39. The Morgan fingerprint density at radius 2 is 2.00 bits per heavy atom. The summed E-state index contributed by atoms with van der Waals surface area (Å²) in [6, 6.07) is 0. The van der Waals surface area contributed by atoms with Crippen LogP contribution in [0.3, 0.4) is 0 Å². The molecule has 0 saturated heterocycles. The van der Waals surface area contributed by atoms with Gasteiger partial charge in [-0.25, -0.2) is 0 Å². The first kappa shape index (κ1) is 10.7. The molecule has 0 aliphatic carbocycles. The highest BCUT2D eigenvalue weighted by Crippen LogP contribution is 1.78. The molecule has 7 heteroatoms. The quantitative estimate of drug-likeness (QED) is 0.270. The lowest BCUT2D eigenvalue weighted by molar-refractivity contribution is 0.367. The van der Waals surface area contributed by atoms with E-state index in [1.807, 2.05) is 0 Å². The van der Waals surface area contributed by atoms with Crippen molar-refractivity contribution in [3.63, 3.8) is 0 Å². The van der Waals surface area contributed by atoms with Gasteiger partial charge in [0, 0.05) is 0 Å². The Balaban J connectivity index is 0. The van der Waals surface area contributed by atoms with E-state index >= 15 is 0 Å². The highest BCUT2D eigenvalue weighted by molar-refractivity contribution is 7.81. The van der Waals surface area contributed by atoms with Gasteiger partial charge in [0.1, 0.15) is 0 Å². The maximum absolute atomic E-state index is 9.34. The highest BCUT2D eigenvalue weighted by Gasteiger charge is 1.99. The van der Waals surface area contributed by atoms with Crippen LogP contribution < -0.4 is 0 Å². The van der Waals surface area contributed by atoms with Crippen LogP contribution in [0, 0.1) is 11.5 Å². The molecule has 5 nitrogen and oxygen atoms in total. The van der Waals surface area contributed by atoms with Gasteiger partial charge < -0.3 is 0 Å². The molecule has 0 heterocycles. The van der Waals surface area contributed by atoms with Gasteiger partial charge >= 0.3 is 16.7 Å². The van der Waals surface area contributed by atoms with Crippen molar-refractivity contribution in [3.05, 3.63) is 0 Å². The first-order valence-corrected chi connectivity index (χ1v) is 2.48. The normalized spacial score (nSPS) is 8.50. The van der Waals surface area contributed by atoms with Gasteiger partial charge in [-0.3, -0.25) is 8.74 Å². The van der Waals surface area contributed by atoms with E-state index < -0.39 is 10.4 Å². The molecule has 8 heavy (non-hydrogen) atoms. The molecule has 0 rings (SSSR count). The molecule has 0 amide bonds. The average Bonchev–Trinajstić information content (AvgIpc) is 1.30. The van der Waals surface area contributed by atoms with E-state index in [-0.39, 0.29) is 17.4 Å². The number of rotatable bonds is 1. The summed E-state index contributed by atoms with van der Waals surface area (Å²) in [6.07, 6.45) is 0.770. The van der Waals surface area contributed by atoms with E-state index in [9.17, 15) is 8.42 Å². The molecule has 0 spiro atoms. The fourth-order valence-corrected chi connectivity index (χ4v) is 0.141. The summed E-state index contributed by atoms with van der Waals surface area (Å²) in [5.41, 5.74) is 0. The molecule has 0 aromatic heterocycles. The minimum atomic E-state index is -4.54.